The van der Waals surface area contributed by atoms with Crippen molar-refractivity contribution in [1.29, 1.82) is 5.26 Å². The topological polar surface area (TPSA) is 158 Å². The number of nitrogens with two attached hydrogens (primary N) is 1. The quantitative estimate of drug-likeness (QED) is 0.206. The standard InChI is InChI=1S/C34H30N4O7/c1-34(2)16-26(39)29-27(17-34)45-32(36)25(18-35)28(29)19-7-11-24(12-8-19)44-31-30(20-5-4-6-22(15-20)38(41)42)37(33(31)40)21-9-13-23(43-3)14-10-21/h4-15,28,30-31H,16-17,36H2,1-3H3/t28?,30-,31+/m0/s1. The van der Waals surface area contributed by atoms with Gasteiger partial charge in [-0.25, -0.2) is 0 Å². The monoisotopic (exact) mass is 606 g/mol. The van der Waals surface area contributed by atoms with E-state index < -0.39 is 23.0 Å². The fraction of sp³-hybridized carbons (Fsp3) is 0.265. The molecular weight excluding hydrogens is 576 g/mol. The highest BCUT2D eigenvalue weighted by Crippen LogP contribution is 2.48. The van der Waals surface area contributed by atoms with Crippen LogP contribution in [0.1, 0.15) is 49.8 Å². The highest BCUT2D eigenvalue weighted by atomic mass is 16.6. The molecule has 3 aromatic carbocycles. The van der Waals surface area contributed by atoms with E-state index in [2.05, 4.69) is 6.07 Å². The van der Waals surface area contributed by atoms with E-state index in [0.29, 0.717) is 52.5 Å². The van der Waals surface area contributed by atoms with Crippen molar-refractivity contribution < 1.29 is 28.7 Å². The normalized spacial score (nSPS) is 22.2. The number of β-lactam (4-membered cyclic amide) rings is 1. The number of nitro benzene ring substituents is 1. The molecule has 3 aromatic rings. The molecule has 1 unspecified atom stereocenters. The number of allylic oxidation sites excluding steroid dienone is 3. The number of hydrogen-bond acceptors (Lipinski definition) is 9. The minimum Gasteiger partial charge on any atom is -0.497 e. The van der Waals surface area contributed by atoms with Crippen LogP contribution in [0.15, 0.2) is 95.6 Å². The molecule has 0 spiro atoms. The maximum absolute atomic E-state index is 13.5. The summed E-state index contributed by atoms with van der Waals surface area (Å²) < 4.78 is 17.2. The lowest BCUT2D eigenvalue weighted by molar-refractivity contribution is -0.384. The zero-order valence-electron chi connectivity index (χ0n) is 24.9. The van der Waals surface area contributed by atoms with Crippen LogP contribution in [0, 0.1) is 26.9 Å². The smallest absolute Gasteiger partial charge is 0.271 e. The zero-order chi connectivity index (χ0) is 32.0. The molecule has 11 nitrogen and oxygen atoms in total. The van der Waals surface area contributed by atoms with E-state index in [4.69, 9.17) is 19.9 Å². The van der Waals surface area contributed by atoms with Crippen molar-refractivity contribution in [1.82, 2.24) is 0 Å². The number of hydrogen-bond donors (Lipinski definition) is 1. The van der Waals surface area contributed by atoms with Gasteiger partial charge in [0.2, 0.25) is 12.0 Å². The minimum atomic E-state index is -0.968. The van der Waals surface area contributed by atoms with Crippen LogP contribution in [0.3, 0.4) is 0 Å². The molecule has 45 heavy (non-hydrogen) atoms. The number of carbonyl (C=O) groups is 2. The number of benzene rings is 3. The molecule has 1 aliphatic carbocycles. The first-order chi connectivity index (χ1) is 21.5. The molecule has 0 radical (unpaired) electrons. The Hall–Kier alpha value is -5.63. The first-order valence-corrected chi connectivity index (χ1v) is 14.3. The largest absolute Gasteiger partial charge is 0.497 e. The van der Waals surface area contributed by atoms with Gasteiger partial charge in [0.25, 0.3) is 11.6 Å². The van der Waals surface area contributed by atoms with Gasteiger partial charge in [0.1, 0.15) is 34.9 Å². The number of nitriles is 1. The van der Waals surface area contributed by atoms with Crippen LogP contribution < -0.4 is 20.1 Å². The van der Waals surface area contributed by atoms with Crippen LogP contribution in [-0.2, 0) is 14.3 Å². The van der Waals surface area contributed by atoms with Crippen molar-refractivity contribution in [2.75, 3.05) is 12.0 Å². The van der Waals surface area contributed by atoms with Gasteiger partial charge in [-0.15, -0.1) is 0 Å². The van der Waals surface area contributed by atoms with Crippen molar-refractivity contribution in [2.45, 2.75) is 44.8 Å². The van der Waals surface area contributed by atoms with E-state index in [1.165, 1.54) is 17.0 Å². The third-order valence-electron chi connectivity index (χ3n) is 8.37. The Kier molecular flexibility index (Phi) is 7.29. The molecule has 228 valence electrons. The first kappa shape index (κ1) is 29.4. The average Bonchev–Trinajstić information content (AvgIpc) is 3.01. The third-order valence-corrected chi connectivity index (χ3v) is 8.37. The number of nitrogens with zero attached hydrogens (tertiary/aromatic N) is 3. The van der Waals surface area contributed by atoms with Crippen LogP contribution in [0.2, 0.25) is 0 Å². The number of Topliss-reactive ketones (excluding diaryl/α,β-unsaturated/α-hetero) is 1. The van der Waals surface area contributed by atoms with Gasteiger partial charge in [-0.2, -0.15) is 5.26 Å². The number of nitro groups is 1. The minimum absolute atomic E-state index is 0.0226. The molecule has 0 saturated carbocycles. The van der Waals surface area contributed by atoms with Crippen LogP contribution >= 0.6 is 0 Å². The summed E-state index contributed by atoms with van der Waals surface area (Å²) in [6, 6.07) is 21.3. The SMILES string of the molecule is COc1ccc(N2C(=O)[C@H](Oc3ccc(C4C(C#N)=C(N)OC5=C4C(=O)CC(C)(C)C5)cc3)[C@@H]2c2cccc([N+](=O)[O-])c2)cc1. The molecule has 2 aliphatic heterocycles. The molecule has 1 saturated heterocycles. The lowest BCUT2D eigenvalue weighted by atomic mass is 9.70. The second kappa shape index (κ2) is 11.1. The Morgan fingerprint density at radius 2 is 1.71 bits per heavy atom. The molecule has 1 amide bonds. The number of non-ortho nitro benzene ring substituents is 1. The highest BCUT2D eigenvalue weighted by molar-refractivity contribution is 6.05. The maximum atomic E-state index is 13.5. The highest BCUT2D eigenvalue weighted by Gasteiger charge is 2.51. The lowest BCUT2D eigenvalue weighted by Crippen LogP contribution is -2.61. The van der Waals surface area contributed by atoms with E-state index in [0.717, 1.165) is 0 Å². The van der Waals surface area contributed by atoms with Crippen molar-refractivity contribution >= 4 is 23.1 Å². The number of amides is 1. The summed E-state index contributed by atoms with van der Waals surface area (Å²) in [4.78, 5) is 39.4. The zero-order valence-corrected chi connectivity index (χ0v) is 24.9. The fourth-order valence-corrected chi connectivity index (χ4v) is 6.26. The van der Waals surface area contributed by atoms with Gasteiger partial charge in [0, 0.05) is 36.2 Å². The average molecular weight is 607 g/mol. The second-order valence-corrected chi connectivity index (χ2v) is 12.0. The van der Waals surface area contributed by atoms with Crippen LogP contribution in [-0.4, -0.2) is 29.8 Å². The number of anilines is 1. The van der Waals surface area contributed by atoms with E-state index >= 15 is 0 Å². The molecule has 3 aliphatic rings. The van der Waals surface area contributed by atoms with E-state index in [1.807, 2.05) is 13.8 Å². The number of methoxy groups -OCH3 is 1. The molecule has 0 aromatic heterocycles. The van der Waals surface area contributed by atoms with Crippen molar-refractivity contribution in [2.24, 2.45) is 11.1 Å². The Morgan fingerprint density at radius 3 is 2.36 bits per heavy atom. The number of carbonyl (C=O) groups excluding carboxylic acids is 2. The summed E-state index contributed by atoms with van der Waals surface area (Å²) in [5.41, 5.74) is 8.12. The van der Waals surface area contributed by atoms with E-state index in [9.17, 15) is 25.0 Å². The van der Waals surface area contributed by atoms with E-state index in [1.54, 1.807) is 67.8 Å². The van der Waals surface area contributed by atoms with Gasteiger partial charge in [0.15, 0.2) is 5.78 Å². The summed E-state index contributed by atoms with van der Waals surface area (Å²) in [6.07, 6.45) is -0.137. The predicted octanol–water partition coefficient (Wildman–Crippen LogP) is 5.59. The summed E-state index contributed by atoms with van der Waals surface area (Å²) in [6.45, 7) is 3.97. The first-order valence-electron chi connectivity index (χ1n) is 14.3. The lowest BCUT2D eigenvalue weighted by Gasteiger charge is -2.46. The molecular formula is C34H30N4O7. The van der Waals surface area contributed by atoms with Gasteiger partial charge in [0.05, 0.1) is 18.0 Å². The number of rotatable bonds is 7. The summed E-state index contributed by atoms with van der Waals surface area (Å²) >= 11 is 0. The van der Waals surface area contributed by atoms with Gasteiger partial charge >= 0.3 is 0 Å². The number of ether oxygens (including phenoxy) is 3. The Labute approximate surface area is 259 Å². The Balaban J connectivity index is 1.31. The van der Waals surface area contributed by atoms with Crippen molar-refractivity contribution in [3.8, 4) is 17.6 Å². The summed E-state index contributed by atoms with van der Waals surface area (Å²) in [7, 11) is 1.54. The van der Waals surface area contributed by atoms with Crippen LogP contribution in [0.25, 0.3) is 0 Å². The van der Waals surface area contributed by atoms with Crippen molar-refractivity contribution in [3.05, 3.63) is 117 Å². The Morgan fingerprint density at radius 1 is 1.02 bits per heavy atom. The van der Waals surface area contributed by atoms with Crippen LogP contribution in [0.4, 0.5) is 11.4 Å². The molecule has 11 heteroatoms. The molecule has 0 bridgehead atoms. The van der Waals surface area contributed by atoms with Crippen molar-refractivity contribution in [3.63, 3.8) is 0 Å². The third kappa shape index (κ3) is 5.25. The van der Waals surface area contributed by atoms with Gasteiger partial charge in [-0.05, 0) is 52.9 Å². The predicted molar refractivity (Wildman–Crippen MR) is 163 cm³/mol. The van der Waals surface area contributed by atoms with Gasteiger partial charge in [-0.3, -0.25) is 24.6 Å². The van der Waals surface area contributed by atoms with E-state index in [-0.39, 0.29) is 34.2 Å². The Bertz CT molecular complexity index is 1820. The molecule has 1 fully saturated rings. The van der Waals surface area contributed by atoms with Crippen LogP contribution in [0.5, 0.6) is 11.5 Å². The second-order valence-electron chi connectivity index (χ2n) is 12.0. The summed E-state index contributed by atoms with van der Waals surface area (Å²) in [5, 5.41) is 21.5. The number of ketones is 1. The van der Waals surface area contributed by atoms with Gasteiger partial charge in [-0.1, -0.05) is 38.1 Å². The van der Waals surface area contributed by atoms with Gasteiger partial charge < -0.3 is 19.9 Å². The maximum Gasteiger partial charge on any atom is 0.271 e. The molecule has 2 N–H and O–H groups in total. The molecule has 3 atom stereocenters. The molecule has 6 rings (SSSR count). The molecule has 2 heterocycles. The summed E-state index contributed by atoms with van der Waals surface area (Å²) in [5.74, 6) is 0.346. The fourth-order valence-electron chi connectivity index (χ4n) is 6.26.